The molecule has 200 valence electrons. The van der Waals surface area contributed by atoms with Crippen LogP contribution in [0.1, 0.15) is 32.7 Å². The van der Waals surface area contributed by atoms with Crippen molar-refractivity contribution in [2.24, 2.45) is 0 Å². The second kappa shape index (κ2) is 14.1. The van der Waals surface area contributed by atoms with E-state index in [-0.39, 0.29) is 5.91 Å². The van der Waals surface area contributed by atoms with Crippen LogP contribution in [0, 0.1) is 13.8 Å². The molecule has 0 aliphatic carbocycles. The third kappa shape index (κ3) is 7.90. The van der Waals surface area contributed by atoms with E-state index in [1.54, 1.807) is 18.9 Å². The molecule has 38 heavy (non-hydrogen) atoms. The number of thioether (sulfide) groups is 1. The van der Waals surface area contributed by atoms with E-state index in [1.165, 1.54) is 5.56 Å². The standard InChI is InChI=1S/C30H37N5O2S/c1-23-24(2)32-30(38-22-26-11-7-13-27(21-26)29(36)31-14-20-37-3)33-28(23)35-18-16-34(17-19-35)15-8-12-25-9-5-4-6-10-25/h4-13,21H,14-20,22H2,1-3H3,(H,31,36)/b12-8+. The van der Waals surface area contributed by atoms with Crippen LogP contribution in [0.25, 0.3) is 6.08 Å². The number of amides is 1. The Bertz CT molecular complexity index is 1230. The molecule has 2 aromatic carbocycles. The number of piperazine rings is 1. The van der Waals surface area contributed by atoms with Gasteiger partial charge in [-0.15, -0.1) is 0 Å². The zero-order valence-corrected chi connectivity index (χ0v) is 23.3. The maximum absolute atomic E-state index is 12.4. The Balaban J connectivity index is 1.33. The SMILES string of the molecule is COCCNC(=O)c1cccc(CSc2nc(C)c(C)c(N3CCN(C/C=C/c4ccccc4)CC3)n2)c1. The Labute approximate surface area is 230 Å². The van der Waals surface area contributed by atoms with Crippen molar-refractivity contribution >= 4 is 29.6 Å². The van der Waals surface area contributed by atoms with Crippen molar-refractivity contribution in [1.29, 1.82) is 0 Å². The van der Waals surface area contributed by atoms with Gasteiger partial charge >= 0.3 is 0 Å². The van der Waals surface area contributed by atoms with E-state index in [1.807, 2.05) is 30.3 Å². The first-order chi connectivity index (χ1) is 18.5. The van der Waals surface area contributed by atoms with Gasteiger partial charge in [-0.3, -0.25) is 9.69 Å². The summed E-state index contributed by atoms with van der Waals surface area (Å²) < 4.78 is 5.01. The maximum atomic E-state index is 12.4. The van der Waals surface area contributed by atoms with E-state index in [0.29, 0.717) is 24.5 Å². The van der Waals surface area contributed by atoms with E-state index in [4.69, 9.17) is 14.7 Å². The highest BCUT2D eigenvalue weighted by Crippen LogP contribution is 2.27. The molecular weight excluding hydrogens is 494 g/mol. The number of rotatable bonds is 11. The molecule has 0 unspecified atom stereocenters. The molecule has 1 saturated heterocycles. The number of ether oxygens (including phenoxy) is 1. The van der Waals surface area contributed by atoms with Crippen LogP contribution in [-0.2, 0) is 10.5 Å². The lowest BCUT2D eigenvalue weighted by atomic mass is 10.1. The Morgan fingerprint density at radius 1 is 1.05 bits per heavy atom. The first-order valence-corrected chi connectivity index (χ1v) is 14.0. The number of anilines is 1. The van der Waals surface area contributed by atoms with Gasteiger partial charge in [-0.1, -0.05) is 66.4 Å². The van der Waals surface area contributed by atoms with E-state index in [0.717, 1.165) is 60.5 Å². The first-order valence-electron chi connectivity index (χ1n) is 13.1. The number of hydrogen-bond donors (Lipinski definition) is 1. The monoisotopic (exact) mass is 531 g/mol. The lowest BCUT2D eigenvalue weighted by Crippen LogP contribution is -2.47. The molecule has 1 amide bonds. The molecule has 1 aliphatic rings. The first kappa shape index (κ1) is 27.8. The normalized spacial score (nSPS) is 14.2. The van der Waals surface area contributed by atoms with Gasteiger partial charge in [0.25, 0.3) is 5.91 Å². The summed E-state index contributed by atoms with van der Waals surface area (Å²) in [5, 5.41) is 3.64. The molecule has 1 N–H and O–H groups in total. The number of nitrogens with one attached hydrogen (secondary N) is 1. The van der Waals surface area contributed by atoms with Gasteiger partial charge < -0.3 is 15.0 Å². The highest BCUT2D eigenvalue weighted by molar-refractivity contribution is 7.98. The number of carbonyl (C=O) groups excluding carboxylic acids is 1. The summed E-state index contributed by atoms with van der Waals surface area (Å²) in [7, 11) is 1.62. The van der Waals surface area contributed by atoms with Gasteiger partial charge in [0.05, 0.1) is 6.61 Å². The molecule has 0 spiro atoms. The van der Waals surface area contributed by atoms with Crippen molar-refractivity contribution in [1.82, 2.24) is 20.2 Å². The highest BCUT2D eigenvalue weighted by atomic mass is 32.2. The zero-order valence-electron chi connectivity index (χ0n) is 22.5. The Morgan fingerprint density at radius 3 is 2.61 bits per heavy atom. The summed E-state index contributed by atoms with van der Waals surface area (Å²) in [6.07, 6.45) is 4.44. The van der Waals surface area contributed by atoms with Gasteiger partial charge in [0.1, 0.15) is 5.82 Å². The van der Waals surface area contributed by atoms with E-state index in [2.05, 4.69) is 65.4 Å². The second-order valence-corrected chi connectivity index (χ2v) is 10.3. The average molecular weight is 532 g/mol. The summed E-state index contributed by atoms with van der Waals surface area (Å²) in [6.45, 7) is 10.0. The molecule has 7 nitrogen and oxygen atoms in total. The van der Waals surface area contributed by atoms with Gasteiger partial charge in [0.15, 0.2) is 5.16 Å². The molecule has 8 heteroatoms. The van der Waals surface area contributed by atoms with Crippen molar-refractivity contribution in [3.8, 4) is 0 Å². The minimum atomic E-state index is -0.0895. The second-order valence-electron chi connectivity index (χ2n) is 9.38. The molecule has 4 rings (SSSR count). The molecular formula is C30H37N5O2S. The molecule has 0 saturated carbocycles. The number of methoxy groups -OCH3 is 1. The van der Waals surface area contributed by atoms with Gasteiger partial charge in [0.2, 0.25) is 0 Å². The minimum Gasteiger partial charge on any atom is -0.383 e. The predicted octanol–water partition coefficient (Wildman–Crippen LogP) is 4.60. The summed E-state index contributed by atoms with van der Waals surface area (Å²) >= 11 is 1.61. The van der Waals surface area contributed by atoms with Gasteiger partial charge in [0, 0.05) is 69.0 Å². The maximum Gasteiger partial charge on any atom is 0.251 e. The van der Waals surface area contributed by atoms with Crippen LogP contribution in [-0.4, -0.2) is 73.8 Å². The Hall–Kier alpha value is -3.20. The number of aromatic nitrogens is 2. The minimum absolute atomic E-state index is 0.0895. The molecule has 3 aromatic rings. The molecule has 1 aliphatic heterocycles. The third-order valence-corrected chi connectivity index (χ3v) is 7.56. The number of hydrogen-bond acceptors (Lipinski definition) is 7. The van der Waals surface area contributed by atoms with Crippen LogP contribution in [0.3, 0.4) is 0 Å². The fourth-order valence-corrected chi connectivity index (χ4v) is 5.15. The summed E-state index contributed by atoms with van der Waals surface area (Å²) in [5.41, 5.74) is 5.10. The molecule has 0 radical (unpaired) electrons. The third-order valence-electron chi connectivity index (χ3n) is 6.64. The Morgan fingerprint density at radius 2 is 1.84 bits per heavy atom. The summed E-state index contributed by atoms with van der Waals surface area (Å²) in [4.78, 5) is 27.0. The van der Waals surface area contributed by atoms with Gasteiger partial charge in [-0.2, -0.15) is 0 Å². The quantitative estimate of drug-likeness (QED) is 0.220. The fourth-order valence-electron chi connectivity index (χ4n) is 4.32. The molecule has 1 aromatic heterocycles. The van der Waals surface area contributed by atoms with Crippen LogP contribution in [0.2, 0.25) is 0 Å². The Kier molecular flexibility index (Phi) is 10.3. The van der Waals surface area contributed by atoms with Crippen LogP contribution in [0.5, 0.6) is 0 Å². The number of nitrogens with zero attached hydrogens (tertiary/aromatic N) is 4. The molecule has 0 bridgehead atoms. The topological polar surface area (TPSA) is 70.6 Å². The van der Waals surface area contributed by atoms with Crippen molar-refractivity contribution < 1.29 is 9.53 Å². The van der Waals surface area contributed by atoms with Crippen molar-refractivity contribution in [2.75, 3.05) is 57.9 Å². The summed E-state index contributed by atoms with van der Waals surface area (Å²) in [5.74, 6) is 1.64. The van der Waals surface area contributed by atoms with E-state index >= 15 is 0 Å². The molecule has 0 atom stereocenters. The highest BCUT2D eigenvalue weighted by Gasteiger charge is 2.21. The fraction of sp³-hybridized carbons (Fsp3) is 0.367. The van der Waals surface area contributed by atoms with Crippen LogP contribution in [0.4, 0.5) is 5.82 Å². The van der Waals surface area contributed by atoms with Crippen molar-refractivity contribution in [3.05, 3.63) is 88.6 Å². The summed E-state index contributed by atoms with van der Waals surface area (Å²) in [6, 6.07) is 18.2. The van der Waals surface area contributed by atoms with Gasteiger partial charge in [-0.25, -0.2) is 9.97 Å². The lowest BCUT2D eigenvalue weighted by molar-refractivity contribution is 0.0937. The largest absolute Gasteiger partial charge is 0.383 e. The average Bonchev–Trinajstić information content (AvgIpc) is 2.95. The zero-order chi connectivity index (χ0) is 26.7. The number of aryl methyl sites for hydroxylation is 1. The van der Waals surface area contributed by atoms with Crippen molar-refractivity contribution in [2.45, 2.75) is 24.8 Å². The molecule has 1 fully saturated rings. The lowest BCUT2D eigenvalue weighted by Gasteiger charge is -2.35. The van der Waals surface area contributed by atoms with E-state index in [9.17, 15) is 4.79 Å². The number of carbonyl (C=O) groups is 1. The van der Waals surface area contributed by atoms with Gasteiger partial charge in [-0.05, 0) is 37.1 Å². The van der Waals surface area contributed by atoms with E-state index < -0.39 is 0 Å². The van der Waals surface area contributed by atoms with Crippen molar-refractivity contribution in [3.63, 3.8) is 0 Å². The number of benzene rings is 2. The predicted molar refractivity (Wildman–Crippen MR) is 156 cm³/mol. The van der Waals surface area contributed by atoms with Crippen LogP contribution < -0.4 is 10.2 Å². The van der Waals surface area contributed by atoms with Crippen LogP contribution >= 0.6 is 11.8 Å². The van der Waals surface area contributed by atoms with Crippen LogP contribution in [0.15, 0.2) is 65.8 Å². The smallest absolute Gasteiger partial charge is 0.251 e. The molecule has 2 heterocycles.